The molecule has 0 bridgehead atoms. The van der Waals surface area contributed by atoms with Crippen LogP contribution in [0.1, 0.15) is 17.0 Å². The Morgan fingerprint density at radius 3 is 2.73 bits per heavy atom. The number of benzene rings is 1. The van der Waals surface area contributed by atoms with Crippen LogP contribution in [0.5, 0.6) is 0 Å². The number of aromatic nitrogens is 1. The monoisotopic (exact) mass is 422 g/mol. The zero-order chi connectivity index (χ0) is 15.4. The quantitative estimate of drug-likeness (QED) is 0.451. The molecule has 0 aliphatic carbocycles. The van der Waals surface area contributed by atoms with Gasteiger partial charge in [0.15, 0.2) is 5.96 Å². The van der Waals surface area contributed by atoms with Crippen molar-refractivity contribution in [3.8, 4) is 0 Å². The maximum Gasteiger partial charge on any atom is 0.193 e. The van der Waals surface area contributed by atoms with Crippen LogP contribution in [-0.2, 0) is 6.42 Å². The summed E-state index contributed by atoms with van der Waals surface area (Å²) in [5.41, 5.74) is 7.39. The molecule has 1 aromatic heterocycles. The number of nitrogens with two attached hydrogens (primary N) is 1. The highest BCUT2D eigenvalue weighted by molar-refractivity contribution is 14.0. The molecule has 1 heterocycles. The number of nitrogens with zero attached hydrogens (tertiary/aromatic N) is 2. The Morgan fingerprint density at radius 2 is 2.09 bits per heavy atom. The molecule has 3 N–H and O–H groups in total. The summed E-state index contributed by atoms with van der Waals surface area (Å²) in [7, 11) is 0. The second-order valence-electron chi connectivity index (χ2n) is 4.57. The van der Waals surface area contributed by atoms with Gasteiger partial charge in [-0.1, -0.05) is 5.16 Å². The molecule has 0 spiro atoms. The van der Waals surface area contributed by atoms with Gasteiger partial charge in [0.1, 0.15) is 17.4 Å². The SMILES string of the molecule is Cc1noc(C)c1CCN=C(N)Nc1cc(F)ccc1F.I. The Morgan fingerprint density at radius 1 is 1.36 bits per heavy atom. The topological polar surface area (TPSA) is 76.4 Å². The van der Waals surface area contributed by atoms with Crippen LogP contribution in [0.25, 0.3) is 0 Å². The van der Waals surface area contributed by atoms with Crippen LogP contribution in [0.4, 0.5) is 14.5 Å². The van der Waals surface area contributed by atoms with Crippen LogP contribution < -0.4 is 11.1 Å². The number of anilines is 1. The summed E-state index contributed by atoms with van der Waals surface area (Å²) in [5.74, 6) is -0.389. The summed E-state index contributed by atoms with van der Waals surface area (Å²) < 4.78 is 31.5. The van der Waals surface area contributed by atoms with E-state index in [-0.39, 0.29) is 35.6 Å². The number of aliphatic imine (C=N–C) groups is 1. The van der Waals surface area contributed by atoms with Crippen molar-refractivity contribution in [2.45, 2.75) is 20.3 Å². The highest BCUT2D eigenvalue weighted by Gasteiger charge is 2.08. The van der Waals surface area contributed by atoms with Gasteiger partial charge in [-0.3, -0.25) is 4.99 Å². The molecule has 2 aromatic rings. The van der Waals surface area contributed by atoms with E-state index in [0.717, 1.165) is 35.2 Å². The van der Waals surface area contributed by atoms with E-state index < -0.39 is 11.6 Å². The fourth-order valence-corrected chi connectivity index (χ4v) is 1.92. The fraction of sp³-hybridized carbons (Fsp3) is 0.286. The van der Waals surface area contributed by atoms with Gasteiger partial charge in [-0.2, -0.15) is 0 Å². The third-order valence-corrected chi connectivity index (χ3v) is 3.02. The van der Waals surface area contributed by atoms with E-state index in [1.807, 2.05) is 13.8 Å². The molecule has 0 aliphatic heterocycles. The Labute approximate surface area is 144 Å². The number of hydrogen-bond donors (Lipinski definition) is 2. The summed E-state index contributed by atoms with van der Waals surface area (Å²) in [4.78, 5) is 4.07. The lowest BCUT2D eigenvalue weighted by atomic mass is 10.1. The molecule has 22 heavy (non-hydrogen) atoms. The third-order valence-electron chi connectivity index (χ3n) is 3.02. The zero-order valence-electron chi connectivity index (χ0n) is 12.2. The average Bonchev–Trinajstić information content (AvgIpc) is 2.74. The Bertz CT molecular complexity index is 653. The van der Waals surface area contributed by atoms with E-state index in [9.17, 15) is 8.78 Å². The van der Waals surface area contributed by atoms with Gasteiger partial charge in [-0.05, 0) is 32.4 Å². The maximum atomic E-state index is 13.4. The molecular formula is C14H17F2IN4O. The first-order chi connectivity index (χ1) is 9.97. The van der Waals surface area contributed by atoms with Crippen LogP contribution >= 0.6 is 24.0 Å². The number of aryl methyl sites for hydroxylation is 2. The zero-order valence-corrected chi connectivity index (χ0v) is 14.5. The van der Waals surface area contributed by atoms with Crippen molar-refractivity contribution in [3.05, 3.63) is 46.9 Å². The fourth-order valence-electron chi connectivity index (χ4n) is 1.92. The first kappa shape index (κ1) is 18.3. The van der Waals surface area contributed by atoms with Crippen LogP contribution in [-0.4, -0.2) is 17.7 Å². The highest BCUT2D eigenvalue weighted by atomic mass is 127. The predicted molar refractivity (Wildman–Crippen MR) is 91.6 cm³/mol. The summed E-state index contributed by atoms with van der Waals surface area (Å²) in [6, 6.07) is 3.08. The van der Waals surface area contributed by atoms with Crippen molar-refractivity contribution in [2.24, 2.45) is 10.7 Å². The van der Waals surface area contributed by atoms with Crippen molar-refractivity contribution in [1.29, 1.82) is 0 Å². The Balaban J connectivity index is 0.00000242. The standard InChI is InChI=1S/C14H16F2N4O.HI/c1-8-11(9(2)21-20-8)5-6-18-14(17)19-13-7-10(15)3-4-12(13)16;/h3-4,7H,5-6H2,1-2H3,(H3,17,18,19);1H. The lowest BCUT2D eigenvalue weighted by Crippen LogP contribution is -2.23. The molecule has 0 aliphatic rings. The summed E-state index contributed by atoms with van der Waals surface area (Å²) >= 11 is 0. The first-order valence-corrected chi connectivity index (χ1v) is 6.41. The molecule has 0 amide bonds. The number of rotatable bonds is 4. The van der Waals surface area contributed by atoms with E-state index in [0.29, 0.717) is 13.0 Å². The van der Waals surface area contributed by atoms with Crippen LogP contribution in [0.3, 0.4) is 0 Å². The largest absolute Gasteiger partial charge is 0.370 e. The molecule has 0 unspecified atom stereocenters. The van der Waals surface area contributed by atoms with Crippen molar-refractivity contribution < 1.29 is 13.3 Å². The van der Waals surface area contributed by atoms with Crippen LogP contribution in [0.2, 0.25) is 0 Å². The number of hydrogen-bond acceptors (Lipinski definition) is 3. The number of nitrogens with one attached hydrogen (secondary N) is 1. The van der Waals surface area contributed by atoms with Gasteiger partial charge in [0.05, 0.1) is 11.4 Å². The molecule has 2 rings (SSSR count). The molecule has 0 saturated heterocycles. The van der Waals surface area contributed by atoms with Gasteiger partial charge in [-0.25, -0.2) is 8.78 Å². The lowest BCUT2D eigenvalue weighted by molar-refractivity contribution is 0.392. The summed E-state index contributed by atoms with van der Waals surface area (Å²) in [6.45, 7) is 4.06. The molecule has 1 aromatic carbocycles. The molecule has 8 heteroatoms. The van der Waals surface area contributed by atoms with Crippen LogP contribution in [0, 0.1) is 25.5 Å². The van der Waals surface area contributed by atoms with Crippen molar-refractivity contribution >= 4 is 35.6 Å². The molecule has 120 valence electrons. The van der Waals surface area contributed by atoms with Gasteiger partial charge in [0, 0.05) is 18.2 Å². The second kappa shape index (κ2) is 8.06. The normalized spacial score (nSPS) is 11.2. The molecule has 5 nitrogen and oxygen atoms in total. The van der Waals surface area contributed by atoms with Crippen molar-refractivity contribution in [1.82, 2.24) is 5.16 Å². The van der Waals surface area contributed by atoms with Gasteiger partial charge < -0.3 is 15.6 Å². The van der Waals surface area contributed by atoms with Gasteiger partial charge in [-0.15, -0.1) is 24.0 Å². The minimum atomic E-state index is -0.597. The van der Waals surface area contributed by atoms with Crippen LogP contribution in [0.15, 0.2) is 27.7 Å². The second-order valence-corrected chi connectivity index (χ2v) is 4.57. The molecule has 0 radical (unpaired) electrons. The van der Waals surface area contributed by atoms with Crippen molar-refractivity contribution in [3.63, 3.8) is 0 Å². The first-order valence-electron chi connectivity index (χ1n) is 6.41. The lowest BCUT2D eigenvalue weighted by Gasteiger charge is -2.06. The van der Waals surface area contributed by atoms with Gasteiger partial charge in [0.25, 0.3) is 0 Å². The molecule has 0 atom stereocenters. The van der Waals surface area contributed by atoms with E-state index in [2.05, 4.69) is 15.5 Å². The molecule has 0 saturated carbocycles. The van der Waals surface area contributed by atoms with E-state index in [1.54, 1.807) is 0 Å². The minimum Gasteiger partial charge on any atom is -0.370 e. The number of halogens is 3. The smallest absolute Gasteiger partial charge is 0.193 e. The minimum absolute atomic E-state index is 0. The Kier molecular flexibility index (Phi) is 6.72. The highest BCUT2D eigenvalue weighted by Crippen LogP contribution is 2.15. The van der Waals surface area contributed by atoms with Gasteiger partial charge in [0.2, 0.25) is 0 Å². The van der Waals surface area contributed by atoms with E-state index in [4.69, 9.17) is 10.3 Å². The number of guanidine groups is 1. The molecular weight excluding hydrogens is 405 g/mol. The van der Waals surface area contributed by atoms with E-state index >= 15 is 0 Å². The third kappa shape index (κ3) is 4.65. The predicted octanol–water partition coefficient (Wildman–Crippen LogP) is 3.16. The average molecular weight is 422 g/mol. The Hall–Kier alpha value is -1.71. The van der Waals surface area contributed by atoms with Crippen molar-refractivity contribution in [2.75, 3.05) is 11.9 Å². The summed E-state index contributed by atoms with van der Waals surface area (Å²) in [5, 5.41) is 6.38. The van der Waals surface area contributed by atoms with E-state index in [1.165, 1.54) is 0 Å². The summed E-state index contributed by atoms with van der Waals surface area (Å²) in [6.07, 6.45) is 0.606. The maximum absolute atomic E-state index is 13.4. The molecule has 0 fully saturated rings. The van der Waals surface area contributed by atoms with Gasteiger partial charge >= 0.3 is 0 Å².